The number of para-hydroxylation sites is 1. The fraction of sp³-hybridized carbons (Fsp3) is 0.235. The van der Waals surface area contributed by atoms with E-state index in [0.29, 0.717) is 0 Å². The topological polar surface area (TPSA) is 50.4 Å². The van der Waals surface area contributed by atoms with Crippen LogP contribution in [0.2, 0.25) is 0 Å². The molecule has 1 unspecified atom stereocenters. The zero-order valence-electron chi connectivity index (χ0n) is 11.9. The lowest BCUT2D eigenvalue weighted by molar-refractivity contribution is -0.116. The molecule has 1 aliphatic rings. The van der Waals surface area contributed by atoms with Gasteiger partial charge in [-0.15, -0.1) is 0 Å². The molecule has 1 amide bonds. The first-order chi connectivity index (χ1) is 10.3. The highest BCUT2D eigenvalue weighted by Crippen LogP contribution is 2.24. The number of carbonyl (C=O) groups excluding carboxylic acids is 1. The maximum atomic E-state index is 12.3. The van der Waals surface area contributed by atoms with E-state index in [1.807, 2.05) is 42.5 Å². The van der Waals surface area contributed by atoms with E-state index in [1.54, 1.807) is 7.11 Å². The Morgan fingerprint density at radius 3 is 2.90 bits per heavy atom. The molecule has 2 N–H and O–H groups in total. The van der Waals surface area contributed by atoms with Crippen LogP contribution in [-0.2, 0) is 11.2 Å². The molecule has 1 heterocycles. The van der Waals surface area contributed by atoms with Crippen molar-refractivity contribution in [2.45, 2.75) is 18.9 Å². The third-order valence-electron chi connectivity index (χ3n) is 3.70. The number of nitrogens with one attached hydrogen (secondary N) is 2. The first kappa shape index (κ1) is 13.5. The molecule has 0 spiro atoms. The average Bonchev–Trinajstić information content (AvgIpc) is 2.67. The van der Waals surface area contributed by atoms with Gasteiger partial charge in [-0.2, -0.15) is 0 Å². The van der Waals surface area contributed by atoms with Crippen LogP contribution in [0.15, 0.2) is 48.5 Å². The summed E-state index contributed by atoms with van der Waals surface area (Å²) in [6.07, 6.45) is 1.64. The van der Waals surface area contributed by atoms with Crippen molar-refractivity contribution in [3.05, 3.63) is 54.1 Å². The summed E-state index contributed by atoms with van der Waals surface area (Å²) in [5.41, 5.74) is 2.98. The van der Waals surface area contributed by atoms with E-state index in [0.717, 1.165) is 30.0 Å². The number of amides is 1. The molecule has 2 aromatic carbocycles. The monoisotopic (exact) mass is 282 g/mol. The number of anilines is 2. The Balaban J connectivity index is 1.76. The van der Waals surface area contributed by atoms with Crippen LogP contribution in [0.5, 0.6) is 5.75 Å². The largest absolute Gasteiger partial charge is 0.497 e. The van der Waals surface area contributed by atoms with E-state index in [2.05, 4.69) is 16.7 Å². The fourth-order valence-electron chi connectivity index (χ4n) is 2.56. The Morgan fingerprint density at radius 2 is 2.05 bits per heavy atom. The molecule has 1 aliphatic heterocycles. The minimum Gasteiger partial charge on any atom is -0.497 e. The van der Waals surface area contributed by atoms with Crippen molar-refractivity contribution in [1.29, 1.82) is 0 Å². The van der Waals surface area contributed by atoms with Gasteiger partial charge in [-0.1, -0.05) is 24.3 Å². The van der Waals surface area contributed by atoms with Gasteiger partial charge >= 0.3 is 0 Å². The molecule has 4 heteroatoms. The van der Waals surface area contributed by atoms with E-state index < -0.39 is 0 Å². The van der Waals surface area contributed by atoms with Crippen LogP contribution in [0.3, 0.4) is 0 Å². The third kappa shape index (κ3) is 2.99. The van der Waals surface area contributed by atoms with Gasteiger partial charge in [0.1, 0.15) is 11.8 Å². The van der Waals surface area contributed by atoms with Crippen LogP contribution in [0, 0.1) is 0 Å². The van der Waals surface area contributed by atoms with Gasteiger partial charge in [-0.05, 0) is 36.6 Å². The molecule has 108 valence electrons. The quantitative estimate of drug-likeness (QED) is 0.909. The number of rotatable bonds is 3. The number of hydrogen-bond acceptors (Lipinski definition) is 3. The summed E-state index contributed by atoms with van der Waals surface area (Å²) in [5, 5.41) is 6.28. The molecule has 1 atom stereocenters. The summed E-state index contributed by atoms with van der Waals surface area (Å²) in [7, 11) is 1.63. The van der Waals surface area contributed by atoms with Gasteiger partial charge in [0.2, 0.25) is 5.91 Å². The Kier molecular flexibility index (Phi) is 3.77. The lowest BCUT2D eigenvalue weighted by Gasteiger charge is -2.17. The van der Waals surface area contributed by atoms with Crippen molar-refractivity contribution in [3.8, 4) is 5.75 Å². The van der Waals surface area contributed by atoms with Gasteiger partial charge in [-0.3, -0.25) is 4.79 Å². The van der Waals surface area contributed by atoms with Gasteiger partial charge in [0.05, 0.1) is 7.11 Å². The molecular weight excluding hydrogens is 264 g/mol. The van der Waals surface area contributed by atoms with E-state index >= 15 is 0 Å². The van der Waals surface area contributed by atoms with Crippen LogP contribution in [0.1, 0.15) is 12.0 Å². The standard InChI is InChI=1S/C17H18N2O2/c1-21-14-7-4-6-13(11-14)18-16-10-9-12-5-2-3-8-15(12)19-17(16)20/h2-8,11,16,18H,9-10H2,1H3,(H,19,20). The number of hydrogen-bond donors (Lipinski definition) is 2. The third-order valence-corrected chi connectivity index (χ3v) is 3.70. The molecule has 0 fully saturated rings. The predicted molar refractivity (Wildman–Crippen MR) is 83.8 cm³/mol. The normalized spacial score (nSPS) is 17.4. The molecule has 0 saturated heterocycles. The van der Waals surface area contributed by atoms with Crippen molar-refractivity contribution < 1.29 is 9.53 Å². The summed E-state index contributed by atoms with van der Waals surface area (Å²) < 4.78 is 5.21. The second kappa shape index (κ2) is 5.87. The zero-order chi connectivity index (χ0) is 14.7. The lowest BCUT2D eigenvalue weighted by atomic mass is 10.1. The summed E-state index contributed by atoms with van der Waals surface area (Å²) in [5.74, 6) is 0.778. The molecular formula is C17H18N2O2. The van der Waals surface area contributed by atoms with E-state index in [1.165, 1.54) is 5.56 Å². The zero-order valence-corrected chi connectivity index (χ0v) is 11.9. The molecule has 0 radical (unpaired) electrons. The summed E-state index contributed by atoms with van der Waals surface area (Å²) >= 11 is 0. The van der Waals surface area contributed by atoms with Crippen molar-refractivity contribution in [1.82, 2.24) is 0 Å². The van der Waals surface area contributed by atoms with E-state index in [-0.39, 0.29) is 11.9 Å². The number of fused-ring (bicyclic) bond motifs is 1. The van der Waals surface area contributed by atoms with E-state index in [9.17, 15) is 4.79 Å². The SMILES string of the molecule is COc1cccc(NC2CCc3ccccc3NC2=O)c1. The summed E-state index contributed by atoms with van der Waals surface area (Å²) in [6, 6.07) is 15.3. The minimum atomic E-state index is -0.246. The first-order valence-electron chi connectivity index (χ1n) is 7.05. The van der Waals surface area contributed by atoms with Crippen LogP contribution >= 0.6 is 0 Å². The average molecular weight is 282 g/mol. The fourth-order valence-corrected chi connectivity index (χ4v) is 2.56. The van der Waals surface area contributed by atoms with Crippen molar-refractivity contribution in [2.24, 2.45) is 0 Å². The predicted octanol–water partition coefficient (Wildman–Crippen LogP) is 3.06. The number of aryl methyl sites for hydroxylation is 1. The molecule has 3 rings (SSSR count). The Hall–Kier alpha value is -2.49. The lowest BCUT2D eigenvalue weighted by Crippen LogP contribution is -2.33. The number of ether oxygens (including phenoxy) is 1. The van der Waals surface area contributed by atoms with Crippen molar-refractivity contribution >= 4 is 17.3 Å². The number of benzene rings is 2. The Bertz CT molecular complexity index is 655. The molecule has 21 heavy (non-hydrogen) atoms. The molecule has 0 aromatic heterocycles. The van der Waals surface area contributed by atoms with Crippen LogP contribution < -0.4 is 15.4 Å². The second-order valence-corrected chi connectivity index (χ2v) is 5.11. The maximum absolute atomic E-state index is 12.3. The Morgan fingerprint density at radius 1 is 1.19 bits per heavy atom. The summed E-state index contributed by atoms with van der Waals surface area (Å²) in [4.78, 5) is 12.3. The minimum absolute atomic E-state index is 0.00256. The molecule has 0 aliphatic carbocycles. The van der Waals surface area contributed by atoms with Gasteiger partial charge in [-0.25, -0.2) is 0 Å². The highest BCUT2D eigenvalue weighted by molar-refractivity contribution is 5.97. The molecule has 0 bridgehead atoms. The second-order valence-electron chi connectivity index (χ2n) is 5.11. The highest BCUT2D eigenvalue weighted by Gasteiger charge is 2.23. The van der Waals surface area contributed by atoms with Gasteiger partial charge in [0.15, 0.2) is 0 Å². The van der Waals surface area contributed by atoms with Crippen LogP contribution in [-0.4, -0.2) is 19.1 Å². The number of carbonyl (C=O) groups is 1. The highest BCUT2D eigenvalue weighted by atomic mass is 16.5. The first-order valence-corrected chi connectivity index (χ1v) is 7.05. The van der Waals surface area contributed by atoms with Gasteiger partial charge in [0.25, 0.3) is 0 Å². The maximum Gasteiger partial charge on any atom is 0.246 e. The van der Waals surface area contributed by atoms with Gasteiger partial charge in [0, 0.05) is 17.4 Å². The molecule has 4 nitrogen and oxygen atoms in total. The van der Waals surface area contributed by atoms with Crippen LogP contribution in [0.25, 0.3) is 0 Å². The summed E-state index contributed by atoms with van der Waals surface area (Å²) in [6.45, 7) is 0. The Labute approximate surface area is 124 Å². The van der Waals surface area contributed by atoms with Crippen molar-refractivity contribution in [3.63, 3.8) is 0 Å². The molecule has 2 aromatic rings. The van der Waals surface area contributed by atoms with Gasteiger partial charge < -0.3 is 15.4 Å². The number of methoxy groups -OCH3 is 1. The van der Waals surface area contributed by atoms with E-state index in [4.69, 9.17) is 4.74 Å². The smallest absolute Gasteiger partial charge is 0.246 e. The van der Waals surface area contributed by atoms with Crippen molar-refractivity contribution in [2.75, 3.05) is 17.7 Å². The van der Waals surface area contributed by atoms with Crippen LogP contribution in [0.4, 0.5) is 11.4 Å². The molecule has 0 saturated carbocycles.